The molecule has 0 radical (unpaired) electrons. The number of hydrogen-bond donors (Lipinski definition) is 2. The molecule has 0 bridgehead atoms. The van der Waals surface area contributed by atoms with Gasteiger partial charge in [0.2, 0.25) is 0 Å². The zero-order valence-electron chi connectivity index (χ0n) is 15.0. The number of guanidine groups is 1. The number of para-hydroxylation sites is 1. The van der Waals surface area contributed by atoms with E-state index in [0.717, 1.165) is 50.9 Å². The predicted octanol–water partition coefficient (Wildman–Crippen LogP) is 2.88. The van der Waals surface area contributed by atoms with Gasteiger partial charge in [-0.3, -0.25) is 4.99 Å². The topological polar surface area (TPSA) is 54.9 Å². The van der Waals surface area contributed by atoms with Crippen LogP contribution in [-0.2, 0) is 4.74 Å². The summed E-state index contributed by atoms with van der Waals surface area (Å²) in [7, 11) is 0. The highest BCUT2D eigenvalue weighted by atomic mass is 16.5. The Kier molecular flexibility index (Phi) is 5.29. The summed E-state index contributed by atoms with van der Waals surface area (Å²) in [5.74, 6) is 2.38. The van der Waals surface area contributed by atoms with Crippen LogP contribution in [0.25, 0.3) is 0 Å². The van der Waals surface area contributed by atoms with E-state index in [2.05, 4.69) is 43.5 Å². The molecule has 1 aromatic carbocycles. The molecular formula is C19H29N3O2. The van der Waals surface area contributed by atoms with Gasteiger partial charge in [0.25, 0.3) is 0 Å². The summed E-state index contributed by atoms with van der Waals surface area (Å²) in [6.45, 7) is 9.72. The zero-order chi connectivity index (χ0) is 17.0. The van der Waals surface area contributed by atoms with Crippen LogP contribution in [0.15, 0.2) is 29.3 Å². The summed E-state index contributed by atoms with van der Waals surface area (Å²) in [6, 6.07) is 8.47. The maximum Gasteiger partial charge on any atom is 0.191 e. The second-order valence-corrected chi connectivity index (χ2v) is 7.25. The third-order valence-electron chi connectivity index (χ3n) is 4.56. The largest absolute Gasteiger partial charge is 0.487 e. The van der Waals surface area contributed by atoms with E-state index in [9.17, 15) is 0 Å². The van der Waals surface area contributed by atoms with E-state index in [1.54, 1.807) is 0 Å². The predicted molar refractivity (Wildman–Crippen MR) is 96.5 cm³/mol. The van der Waals surface area contributed by atoms with Gasteiger partial charge in [-0.1, -0.05) is 18.2 Å². The highest BCUT2D eigenvalue weighted by Crippen LogP contribution is 2.39. The first-order valence-electron chi connectivity index (χ1n) is 8.98. The van der Waals surface area contributed by atoms with Crippen molar-refractivity contribution in [2.24, 2.45) is 10.9 Å². The molecule has 2 heterocycles. The molecule has 0 amide bonds. The van der Waals surface area contributed by atoms with Gasteiger partial charge in [-0.2, -0.15) is 0 Å². The fourth-order valence-electron chi connectivity index (χ4n) is 3.36. The Balaban J connectivity index is 1.74. The SMILES string of the molecule is CCNC(=NCC1CCOC1)NC1CC(C)(C)Oc2ccccc21. The Morgan fingerprint density at radius 3 is 2.92 bits per heavy atom. The van der Waals surface area contributed by atoms with Gasteiger partial charge >= 0.3 is 0 Å². The monoisotopic (exact) mass is 331 g/mol. The minimum absolute atomic E-state index is 0.192. The van der Waals surface area contributed by atoms with Crippen LogP contribution in [0.5, 0.6) is 5.75 Å². The standard InChI is InChI=1S/C19H29N3O2/c1-4-20-18(21-12-14-9-10-23-13-14)22-16-11-19(2,3)24-17-8-6-5-7-15(16)17/h5-8,14,16H,4,9-13H2,1-3H3,(H2,20,21,22). The van der Waals surface area contributed by atoms with Crippen molar-refractivity contribution in [3.05, 3.63) is 29.8 Å². The van der Waals surface area contributed by atoms with Crippen molar-refractivity contribution in [2.75, 3.05) is 26.3 Å². The first kappa shape index (κ1) is 17.1. The summed E-state index contributed by atoms with van der Waals surface area (Å²) in [6.07, 6.45) is 2.01. The van der Waals surface area contributed by atoms with E-state index in [-0.39, 0.29) is 11.6 Å². The quantitative estimate of drug-likeness (QED) is 0.658. The summed E-state index contributed by atoms with van der Waals surface area (Å²) >= 11 is 0. The fraction of sp³-hybridized carbons (Fsp3) is 0.632. The summed E-state index contributed by atoms with van der Waals surface area (Å²) in [4.78, 5) is 4.78. The molecule has 0 saturated carbocycles. The van der Waals surface area contributed by atoms with E-state index in [4.69, 9.17) is 14.5 Å². The molecule has 2 aliphatic rings. The molecule has 0 aromatic heterocycles. The molecule has 2 N–H and O–H groups in total. The van der Waals surface area contributed by atoms with E-state index < -0.39 is 0 Å². The third-order valence-corrected chi connectivity index (χ3v) is 4.56. The molecule has 2 aliphatic heterocycles. The van der Waals surface area contributed by atoms with Gasteiger partial charge < -0.3 is 20.1 Å². The van der Waals surface area contributed by atoms with E-state index in [1.807, 2.05) is 12.1 Å². The van der Waals surface area contributed by atoms with Crippen LogP contribution in [0, 0.1) is 5.92 Å². The van der Waals surface area contributed by atoms with Crippen LogP contribution in [0.4, 0.5) is 0 Å². The third kappa shape index (κ3) is 4.20. The molecule has 24 heavy (non-hydrogen) atoms. The molecule has 1 aromatic rings. The molecule has 2 unspecified atom stereocenters. The van der Waals surface area contributed by atoms with Crippen LogP contribution in [0.3, 0.4) is 0 Å². The number of fused-ring (bicyclic) bond motifs is 1. The molecular weight excluding hydrogens is 302 g/mol. The number of ether oxygens (including phenoxy) is 2. The molecule has 2 atom stereocenters. The maximum atomic E-state index is 6.12. The lowest BCUT2D eigenvalue weighted by molar-refractivity contribution is 0.0694. The maximum absolute atomic E-state index is 6.12. The molecule has 3 rings (SSSR count). The average molecular weight is 331 g/mol. The van der Waals surface area contributed by atoms with E-state index >= 15 is 0 Å². The van der Waals surface area contributed by atoms with Crippen molar-refractivity contribution in [1.29, 1.82) is 0 Å². The van der Waals surface area contributed by atoms with Gasteiger partial charge in [-0.05, 0) is 33.3 Å². The zero-order valence-corrected chi connectivity index (χ0v) is 15.0. The lowest BCUT2D eigenvalue weighted by Gasteiger charge is -2.38. The van der Waals surface area contributed by atoms with Gasteiger partial charge in [0.1, 0.15) is 11.4 Å². The van der Waals surface area contributed by atoms with Crippen molar-refractivity contribution in [3.63, 3.8) is 0 Å². The molecule has 1 saturated heterocycles. The number of nitrogens with one attached hydrogen (secondary N) is 2. The number of hydrogen-bond acceptors (Lipinski definition) is 3. The van der Waals surface area contributed by atoms with Crippen LogP contribution in [0.1, 0.15) is 45.2 Å². The average Bonchev–Trinajstić information content (AvgIpc) is 3.05. The Bertz CT molecular complexity index is 580. The number of aliphatic imine (C=N–C) groups is 1. The van der Waals surface area contributed by atoms with Crippen LogP contribution >= 0.6 is 0 Å². The molecule has 5 nitrogen and oxygen atoms in total. The van der Waals surface area contributed by atoms with Crippen LogP contribution < -0.4 is 15.4 Å². The molecule has 0 aliphatic carbocycles. The van der Waals surface area contributed by atoms with Gasteiger partial charge in [0.05, 0.1) is 12.6 Å². The summed E-state index contributed by atoms with van der Waals surface area (Å²) in [5, 5.41) is 6.98. The minimum atomic E-state index is -0.192. The van der Waals surface area contributed by atoms with Crippen molar-refractivity contribution in [2.45, 2.75) is 45.3 Å². The van der Waals surface area contributed by atoms with Gasteiger partial charge in [-0.15, -0.1) is 0 Å². The number of benzene rings is 1. The van der Waals surface area contributed by atoms with E-state index in [1.165, 1.54) is 5.56 Å². The fourth-order valence-corrected chi connectivity index (χ4v) is 3.36. The molecule has 5 heteroatoms. The van der Waals surface area contributed by atoms with Crippen molar-refractivity contribution < 1.29 is 9.47 Å². The van der Waals surface area contributed by atoms with Crippen molar-refractivity contribution >= 4 is 5.96 Å². The van der Waals surface area contributed by atoms with Crippen molar-refractivity contribution in [1.82, 2.24) is 10.6 Å². The molecule has 132 valence electrons. The Hall–Kier alpha value is -1.75. The number of nitrogens with zero attached hydrogens (tertiary/aromatic N) is 1. The van der Waals surface area contributed by atoms with Crippen LogP contribution in [0.2, 0.25) is 0 Å². The normalized spacial score (nSPS) is 25.7. The number of rotatable bonds is 4. The Labute approximate surface area is 144 Å². The smallest absolute Gasteiger partial charge is 0.191 e. The highest BCUT2D eigenvalue weighted by Gasteiger charge is 2.34. The van der Waals surface area contributed by atoms with Gasteiger partial charge in [0, 0.05) is 37.6 Å². The first-order chi connectivity index (χ1) is 11.6. The lowest BCUT2D eigenvalue weighted by Crippen LogP contribution is -2.45. The second kappa shape index (κ2) is 7.43. The summed E-state index contributed by atoms with van der Waals surface area (Å²) in [5.41, 5.74) is 1.01. The Morgan fingerprint density at radius 1 is 1.33 bits per heavy atom. The van der Waals surface area contributed by atoms with Crippen molar-refractivity contribution in [3.8, 4) is 5.75 Å². The molecule has 0 spiro atoms. The molecule has 1 fully saturated rings. The Morgan fingerprint density at radius 2 is 2.17 bits per heavy atom. The lowest BCUT2D eigenvalue weighted by atomic mass is 9.90. The van der Waals surface area contributed by atoms with Crippen LogP contribution in [-0.4, -0.2) is 37.9 Å². The summed E-state index contributed by atoms with van der Waals surface area (Å²) < 4.78 is 11.6. The highest BCUT2D eigenvalue weighted by molar-refractivity contribution is 5.80. The second-order valence-electron chi connectivity index (χ2n) is 7.25. The first-order valence-corrected chi connectivity index (χ1v) is 8.98. The van der Waals surface area contributed by atoms with E-state index in [0.29, 0.717) is 5.92 Å². The van der Waals surface area contributed by atoms with Gasteiger partial charge in [-0.25, -0.2) is 0 Å². The van der Waals surface area contributed by atoms with Gasteiger partial charge in [0.15, 0.2) is 5.96 Å². The minimum Gasteiger partial charge on any atom is -0.487 e.